The second-order valence-electron chi connectivity index (χ2n) is 6.95. The molecule has 0 fully saturated rings. The van der Waals surface area contributed by atoms with Crippen LogP contribution >= 0.6 is 0 Å². The molecule has 1 aliphatic heterocycles. The molecule has 4 rings (SSSR count). The molecule has 0 bridgehead atoms. The number of nitrogens with one attached hydrogen (secondary N) is 2. The summed E-state index contributed by atoms with van der Waals surface area (Å²) in [5, 5.41) is 6.89. The number of hydrogen-bond donors (Lipinski definition) is 2. The van der Waals surface area contributed by atoms with Crippen molar-refractivity contribution in [3.8, 4) is 0 Å². The number of anilines is 2. The van der Waals surface area contributed by atoms with Crippen LogP contribution in [0.2, 0.25) is 0 Å². The van der Waals surface area contributed by atoms with E-state index in [9.17, 15) is 0 Å². The molecular formula is C23H26N4O. The Balaban J connectivity index is 1.41. The van der Waals surface area contributed by atoms with Crippen LogP contribution < -0.4 is 10.6 Å². The number of ether oxygens (including phenoxy) is 1. The summed E-state index contributed by atoms with van der Waals surface area (Å²) in [4.78, 5) is 9.46. The van der Waals surface area contributed by atoms with Gasteiger partial charge < -0.3 is 15.4 Å². The summed E-state index contributed by atoms with van der Waals surface area (Å²) in [6.07, 6.45) is 2.73. The molecule has 5 heteroatoms. The Morgan fingerprint density at radius 1 is 0.786 bits per heavy atom. The Labute approximate surface area is 166 Å². The maximum Gasteiger partial charge on any atom is 0.224 e. The van der Waals surface area contributed by atoms with Crippen molar-refractivity contribution in [1.29, 1.82) is 0 Å². The highest BCUT2D eigenvalue weighted by Gasteiger charge is 2.18. The Kier molecular flexibility index (Phi) is 6.15. The minimum absolute atomic E-state index is 0.577. The average Bonchev–Trinajstić information content (AvgIpc) is 2.75. The summed E-state index contributed by atoms with van der Waals surface area (Å²) in [7, 11) is 0. The smallest absolute Gasteiger partial charge is 0.224 e. The van der Waals surface area contributed by atoms with Crippen LogP contribution in [-0.2, 0) is 30.6 Å². The second kappa shape index (κ2) is 9.33. The van der Waals surface area contributed by atoms with E-state index in [1.807, 2.05) is 12.1 Å². The zero-order valence-electron chi connectivity index (χ0n) is 16.0. The average molecular weight is 374 g/mol. The summed E-state index contributed by atoms with van der Waals surface area (Å²) in [5.74, 6) is 1.58. The summed E-state index contributed by atoms with van der Waals surface area (Å²) < 4.78 is 5.64. The van der Waals surface area contributed by atoms with Crippen molar-refractivity contribution in [1.82, 2.24) is 9.97 Å². The predicted molar refractivity (Wildman–Crippen MR) is 113 cm³/mol. The lowest BCUT2D eigenvalue weighted by Gasteiger charge is -2.20. The van der Waals surface area contributed by atoms with E-state index in [1.54, 1.807) is 0 Å². The first kappa shape index (κ1) is 18.4. The van der Waals surface area contributed by atoms with Crippen molar-refractivity contribution < 1.29 is 4.74 Å². The van der Waals surface area contributed by atoms with E-state index >= 15 is 0 Å². The van der Waals surface area contributed by atoms with Crippen molar-refractivity contribution in [2.24, 2.45) is 0 Å². The van der Waals surface area contributed by atoms with Gasteiger partial charge in [0.1, 0.15) is 5.82 Å². The zero-order chi connectivity index (χ0) is 19.0. The van der Waals surface area contributed by atoms with Crippen LogP contribution in [0.1, 0.15) is 22.4 Å². The minimum atomic E-state index is 0.577. The molecule has 0 unspecified atom stereocenters. The number of nitrogens with zero attached hydrogens (tertiary/aromatic N) is 2. The molecule has 2 heterocycles. The SMILES string of the molecule is c1ccc(CCNc2nc3c(c(NCCc4ccccc4)n2)COCC3)cc1. The van der Waals surface area contributed by atoms with Gasteiger partial charge in [-0.1, -0.05) is 60.7 Å². The molecule has 0 atom stereocenters. The third kappa shape index (κ3) is 4.87. The van der Waals surface area contributed by atoms with Crippen molar-refractivity contribution in [3.05, 3.63) is 83.0 Å². The van der Waals surface area contributed by atoms with E-state index in [2.05, 4.69) is 59.2 Å². The normalized spacial score (nSPS) is 13.0. The van der Waals surface area contributed by atoms with E-state index < -0.39 is 0 Å². The predicted octanol–water partition coefficient (Wildman–Crippen LogP) is 3.86. The van der Waals surface area contributed by atoms with Crippen LogP contribution in [0, 0.1) is 0 Å². The lowest BCUT2D eigenvalue weighted by atomic mass is 10.1. The molecule has 3 aromatic rings. The summed E-state index contributed by atoms with van der Waals surface area (Å²) in [6.45, 7) is 2.93. The molecule has 0 saturated carbocycles. The van der Waals surface area contributed by atoms with Crippen molar-refractivity contribution in [2.45, 2.75) is 25.9 Å². The van der Waals surface area contributed by atoms with E-state index in [1.165, 1.54) is 11.1 Å². The Morgan fingerprint density at radius 3 is 2.11 bits per heavy atom. The van der Waals surface area contributed by atoms with Gasteiger partial charge >= 0.3 is 0 Å². The molecule has 5 nitrogen and oxygen atoms in total. The third-order valence-corrected chi connectivity index (χ3v) is 4.91. The highest BCUT2D eigenvalue weighted by atomic mass is 16.5. The zero-order valence-corrected chi connectivity index (χ0v) is 16.0. The van der Waals surface area contributed by atoms with Crippen LogP contribution in [0.4, 0.5) is 11.8 Å². The van der Waals surface area contributed by atoms with Crippen molar-refractivity contribution >= 4 is 11.8 Å². The molecular weight excluding hydrogens is 348 g/mol. The molecule has 0 aliphatic carbocycles. The molecule has 0 radical (unpaired) electrons. The van der Waals surface area contributed by atoms with Gasteiger partial charge in [0.15, 0.2) is 0 Å². The van der Waals surface area contributed by atoms with Gasteiger partial charge in [0.05, 0.1) is 18.9 Å². The molecule has 0 spiro atoms. The molecule has 0 amide bonds. The van der Waals surface area contributed by atoms with Crippen LogP contribution in [0.25, 0.3) is 0 Å². The fourth-order valence-electron chi connectivity index (χ4n) is 3.39. The second-order valence-corrected chi connectivity index (χ2v) is 6.95. The molecule has 2 N–H and O–H groups in total. The highest BCUT2D eigenvalue weighted by molar-refractivity contribution is 5.51. The number of benzene rings is 2. The highest BCUT2D eigenvalue weighted by Crippen LogP contribution is 2.24. The standard InChI is InChI=1S/C23H26N4O/c1-3-7-18(8-4-1)11-14-24-22-20-17-28-16-13-21(20)26-23(27-22)25-15-12-19-9-5-2-6-10-19/h1-10H,11-17H2,(H2,24,25,26,27). The van der Waals surface area contributed by atoms with Gasteiger partial charge in [-0.05, 0) is 24.0 Å². The van der Waals surface area contributed by atoms with Crippen LogP contribution in [0.3, 0.4) is 0 Å². The lowest BCUT2D eigenvalue weighted by molar-refractivity contribution is 0.109. The fraction of sp³-hybridized carbons (Fsp3) is 0.304. The van der Waals surface area contributed by atoms with Crippen LogP contribution in [0.15, 0.2) is 60.7 Å². The van der Waals surface area contributed by atoms with E-state index in [0.29, 0.717) is 12.6 Å². The first-order valence-corrected chi connectivity index (χ1v) is 9.91. The largest absolute Gasteiger partial charge is 0.376 e. The van der Waals surface area contributed by atoms with E-state index in [4.69, 9.17) is 14.7 Å². The monoisotopic (exact) mass is 374 g/mol. The van der Waals surface area contributed by atoms with Crippen LogP contribution in [-0.4, -0.2) is 29.7 Å². The molecule has 144 valence electrons. The minimum Gasteiger partial charge on any atom is -0.376 e. The Hall–Kier alpha value is -2.92. The maximum absolute atomic E-state index is 5.64. The summed E-state index contributed by atoms with van der Waals surface area (Å²) in [5.41, 5.74) is 4.80. The quantitative estimate of drug-likeness (QED) is 0.627. The Bertz CT molecular complexity index is 884. The topological polar surface area (TPSA) is 59.1 Å². The van der Waals surface area contributed by atoms with Gasteiger partial charge in [-0.15, -0.1) is 0 Å². The van der Waals surface area contributed by atoms with Gasteiger partial charge in [-0.3, -0.25) is 0 Å². The van der Waals surface area contributed by atoms with Crippen molar-refractivity contribution in [3.63, 3.8) is 0 Å². The van der Waals surface area contributed by atoms with Gasteiger partial charge in [0, 0.05) is 25.1 Å². The maximum atomic E-state index is 5.64. The molecule has 1 aromatic heterocycles. The molecule has 1 aliphatic rings. The first-order chi connectivity index (χ1) is 13.9. The molecule has 2 aromatic carbocycles. The summed E-state index contributed by atoms with van der Waals surface area (Å²) in [6, 6.07) is 21.0. The summed E-state index contributed by atoms with van der Waals surface area (Å²) >= 11 is 0. The third-order valence-electron chi connectivity index (χ3n) is 4.91. The van der Waals surface area contributed by atoms with Gasteiger partial charge in [-0.2, -0.15) is 4.98 Å². The molecule has 28 heavy (non-hydrogen) atoms. The van der Waals surface area contributed by atoms with E-state index in [0.717, 1.165) is 56.0 Å². The Morgan fingerprint density at radius 2 is 1.43 bits per heavy atom. The van der Waals surface area contributed by atoms with Crippen molar-refractivity contribution in [2.75, 3.05) is 30.3 Å². The van der Waals surface area contributed by atoms with Gasteiger partial charge in [-0.25, -0.2) is 4.98 Å². The number of rotatable bonds is 8. The van der Waals surface area contributed by atoms with Gasteiger partial charge in [0.25, 0.3) is 0 Å². The lowest BCUT2D eigenvalue weighted by Crippen LogP contribution is -2.19. The van der Waals surface area contributed by atoms with Crippen LogP contribution in [0.5, 0.6) is 0 Å². The molecule has 0 saturated heterocycles. The van der Waals surface area contributed by atoms with Gasteiger partial charge in [0.2, 0.25) is 5.95 Å². The number of hydrogen-bond acceptors (Lipinski definition) is 5. The fourth-order valence-corrected chi connectivity index (χ4v) is 3.39. The van der Waals surface area contributed by atoms with E-state index in [-0.39, 0.29) is 0 Å². The number of aromatic nitrogens is 2. The first-order valence-electron chi connectivity index (χ1n) is 9.91. The number of fused-ring (bicyclic) bond motifs is 1.